The first-order valence-electron chi connectivity index (χ1n) is 6.29. The molecule has 1 fully saturated rings. The molecule has 1 aliphatic heterocycles. The van der Waals surface area contributed by atoms with Crippen molar-refractivity contribution < 1.29 is 24.1 Å². The molecule has 0 saturated carbocycles. The Bertz CT molecular complexity index is 292. The Morgan fingerprint density at radius 2 is 1.83 bits per heavy atom. The van der Waals surface area contributed by atoms with Crippen LogP contribution in [0.4, 0.5) is 0 Å². The highest BCUT2D eigenvalue weighted by atomic mass is 16.8. The molecule has 1 rings (SSSR count). The van der Waals surface area contributed by atoms with Gasteiger partial charge in [-0.1, -0.05) is 0 Å². The molecule has 0 aromatic carbocycles. The summed E-state index contributed by atoms with van der Waals surface area (Å²) in [7, 11) is 0. The molecule has 0 radical (unpaired) electrons. The number of carbonyl (C=O) groups excluding carboxylic acids is 1. The van der Waals surface area contributed by atoms with Crippen molar-refractivity contribution in [3.05, 3.63) is 0 Å². The van der Waals surface area contributed by atoms with Crippen LogP contribution in [0.5, 0.6) is 0 Å². The largest absolute Gasteiger partial charge is 0.462 e. The number of rotatable bonds is 4. The van der Waals surface area contributed by atoms with Crippen molar-refractivity contribution in [2.24, 2.45) is 5.41 Å². The molecule has 2 atom stereocenters. The van der Waals surface area contributed by atoms with Gasteiger partial charge in [0.2, 0.25) is 0 Å². The summed E-state index contributed by atoms with van der Waals surface area (Å²) in [4.78, 5) is 11.7. The van der Waals surface area contributed by atoms with Crippen molar-refractivity contribution >= 4 is 5.97 Å². The zero-order chi connectivity index (χ0) is 14.0. The van der Waals surface area contributed by atoms with Crippen LogP contribution in [0.2, 0.25) is 0 Å². The van der Waals surface area contributed by atoms with E-state index in [1.165, 1.54) is 0 Å². The highest BCUT2D eigenvalue weighted by Gasteiger charge is 2.41. The van der Waals surface area contributed by atoms with E-state index in [-0.39, 0.29) is 31.4 Å². The number of carbonyl (C=O) groups is 1. The fraction of sp³-hybridized carbons (Fsp3) is 0.923. The third-order valence-electron chi connectivity index (χ3n) is 2.69. The van der Waals surface area contributed by atoms with Gasteiger partial charge in [-0.2, -0.15) is 0 Å². The van der Waals surface area contributed by atoms with Crippen molar-refractivity contribution in [3.8, 4) is 0 Å². The number of hydrogen-bond acceptors (Lipinski definition) is 5. The lowest BCUT2D eigenvalue weighted by atomic mass is 9.97. The van der Waals surface area contributed by atoms with Crippen LogP contribution in [0.3, 0.4) is 0 Å². The van der Waals surface area contributed by atoms with Gasteiger partial charge in [-0.3, -0.25) is 4.79 Å². The van der Waals surface area contributed by atoms with Gasteiger partial charge in [0.1, 0.15) is 12.7 Å². The van der Waals surface area contributed by atoms with Gasteiger partial charge in [0.05, 0.1) is 11.5 Å². The van der Waals surface area contributed by atoms with Gasteiger partial charge < -0.3 is 19.3 Å². The van der Waals surface area contributed by atoms with Gasteiger partial charge >= 0.3 is 5.97 Å². The van der Waals surface area contributed by atoms with Crippen LogP contribution in [0.15, 0.2) is 0 Å². The highest BCUT2D eigenvalue weighted by molar-refractivity contribution is 5.75. The lowest BCUT2D eigenvalue weighted by Crippen LogP contribution is -2.32. The maximum Gasteiger partial charge on any atom is 0.311 e. The Labute approximate surface area is 108 Å². The van der Waals surface area contributed by atoms with Crippen LogP contribution < -0.4 is 0 Å². The molecular formula is C13H24O5. The average molecular weight is 260 g/mol. The normalized spacial score (nSPS) is 27.2. The van der Waals surface area contributed by atoms with E-state index in [9.17, 15) is 4.79 Å². The highest BCUT2D eigenvalue weighted by Crippen LogP contribution is 2.30. The summed E-state index contributed by atoms with van der Waals surface area (Å²) in [5.74, 6) is -0.961. The molecule has 106 valence electrons. The average Bonchev–Trinajstić information content (AvgIpc) is 2.49. The molecule has 0 aromatic rings. The summed E-state index contributed by atoms with van der Waals surface area (Å²) in [5.41, 5.74) is -0.526. The van der Waals surface area contributed by atoms with E-state index in [2.05, 4.69) is 0 Å². The van der Waals surface area contributed by atoms with Gasteiger partial charge in [0.15, 0.2) is 5.79 Å². The smallest absolute Gasteiger partial charge is 0.311 e. The van der Waals surface area contributed by atoms with E-state index in [1.807, 2.05) is 13.8 Å². The van der Waals surface area contributed by atoms with E-state index in [1.54, 1.807) is 20.8 Å². The molecule has 1 saturated heterocycles. The first-order valence-corrected chi connectivity index (χ1v) is 6.29. The van der Waals surface area contributed by atoms with E-state index in [4.69, 9.17) is 19.3 Å². The van der Waals surface area contributed by atoms with Gasteiger partial charge in [-0.15, -0.1) is 0 Å². The van der Waals surface area contributed by atoms with Crippen molar-refractivity contribution in [2.75, 3.05) is 13.2 Å². The monoisotopic (exact) mass is 260 g/mol. The summed E-state index contributed by atoms with van der Waals surface area (Å²) < 4.78 is 16.5. The first kappa shape index (κ1) is 15.4. The van der Waals surface area contributed by atoms with Crippen LogP contribution in [0, 0.1) is 5.41 Å². The SMILES string of the molecule is CC1(C)O[C@@H](CCO)[C@@H](COC(=O)C(C)(C)C)O1. The first-order chi connectivity index (χ1) is 8.15. The molecule has 5 heteroatoms. The summed E-state index contributed by atoms with van der Waals surface area (Å²) in [6, 6.07) is 0. The van der Waals surface area contributed by atoms with Gasteiger partial charge in [0, 0.05) is 6.61 Å². The molecule has 0 aliphatic carbocycles. The number of aliphatic hydroxyl groups excluding tert-OH is 1. The molecule has 18 heavy (non-hydrogen) atoms. The Hall–Kier alpha value is -0.650. The topological polar surface area (TPSA) is 65.0 Å². The molecule has 1 aliphatic rings. The summed E-state index contributed by atoms with van der Waals surface area (Å²) in [6.07, 6.45) is -0.0857. The van der Waals surface area contributed by atoms with Gasteiger partial charge in [0.25, 0.3) is 0 Å². The molecule has 5 nitrogen and oxygen atoms in total. The Balaban J connectivity index is 2.52. The van der Waals surface area contributed by atoms with E-state index >= 15 is 0 Å². The fourth-order valence-electron chi connectivity index (χ4n) is 1.80. The Kier molecular flexibility index (Phi) is 4.75. The second kappa shape index (κ2) is 5.55. The Morgan fingerprint density at radius 3 is 2.33 bits per heavy atom. The zero-order valence-electron chi connectivity index (χ0n) is 11.9. The Morgan fingerprint density at radius 1 is 1.28 bits per heavy atom. The lowest BCUT2D eigenvalue weighted by molar-refractivity contribution is -0.165. The number of ether oxygens (including phenoxy) is 3. The van der Waals surface area contributed by atoms with Gasteiger partial charge in [-0.05, 0) is 41.0 Å². The third-order valence-corrected chi connectivity index (χ3v) is 2.69. The lowest BCUT2D eigenvalue weighted by Gasteiger charge is -2.20. The summed E-state index contributed by atoms with van der Waals surface area (Å²) in [5, 5.41) is 8.98. The van der Waals surface area contributed by atoms with E-state index in [0.29, 0.717) is 6.42 Å². The fourth-order valence-corrected chi connectivity index (χ4v) is 1.80. The molecular weight excluding hydrogens is 236 g/mol. The molecule has 0 amide bonds. The van der Waals surface area contributed by atoms with Crippen LogP contribution >= 0.6 is 0 Å². The maximum atomic E-state index is 11.7. The molecule has 1 heterocycles. The van der Waals surface area contributed by atoms with Crippen LogP contribution in [0.1, 0.15) is 41.0 Å². The quantitative estimate of drug-likeness (QED) is 0.776. The minimum Gasteiger partial charge on any atom is -0.462 e. The molecule has 0 bridgehead atoms. The molecule has 0 spiro atoms. The standard InChI is InChI=1S/C13H24O5/c1-12(2,3)11(15)16-8-10-9(6-7-14)17-13(4,5)18-10/h9-10,14H,6-8H2,1-5H3/t9-,10+/m0/s1. The second-order valence-corrected chi connectivity index (χ2v) is 6.07. The summed E-state index contributed by atoms with van der Waals surface area (Å²) in [6.45, 7) is 9.20. The van der Waals surface area contributed by atoms with Crippen molar-refractivity contribution in [2.45, 2.75) is 59.0 Å². The van der Waals surface area contributed by atoms with E-state index < -0.39 is 11.2 Å². The predicted octanol–water partition coefficient (Wildman–Crippen LogP) is 1.48. The molecule has 0 unspecified atom stereocenters. The second-order valence-electron chi connectivity index (χ2n) is 6.07. The van der Waals surface area contributed by atoms with Crippen molar-refractivity contribution in [1.29, 1.82) is 0 Å². The molecule has 0 aromatic heterocycles. The third kappa shape index (κ3) is 4.23. The minimum absolute atomic E-state index is 0.0217. The van der Waals surface area contributed by atoms with Crippen molar-refractivity contribution in [3.63, 3.8) is 0 Å². The maximum absolute atomic E-state index is 11.7. The van der Waals surface area contributed by atoms with E-state index in [0.717, 1.165) is 0 Å². The van der Waals surface area contributed by atoms with Gasteiger partial charge in [-0.25, -0.2) is 0 Å². The number of aliphatic hydroxyl groups is 1. The summed E-state index contributed by atoms with van der Waals surface area (Å²) >= 11 is 0. The molecule has 1 N–H and O–H groups in total. The van der Waals surface area contributed by atoms with Crippen molar-refractivity contribution in [1.82, 2.24) is 0 Å². The van der Waals surface area contributed by atoms with Crippen LogP contribution in [-0.2, 0) is 19.0 Å². The number of esters is 1. The zero-order valence-corrected chi connectivity index (χ0v) is 11.9. The van der Waals surface area contributed by atoms with Crippen LogP contribution in [-0.4, -0.2) is 42.3 Å². The van der Waals surface area contributed by atoms with Crippen LogP contribution in [0.25, 0.3) is 0 Å². The number of hydrogen-bond donors (Lipinski definition) is 1. The predicted molar refractivity (Wildman–Crippen MR) is 65.9 cm³/mol. The minimum atomic E-state index is -0.696.